The van der Waals surface area contributed by atoms with E-state index in [0.717, 1.165) is 38.5 Å². The van der Waals surface area contributed by atoms with Crippen LogP contribution in [0.5, 0.6) is 0 Å². The number of carbonyl (C=O) groups excluding carboxylic acids is 1. The normalized spacial score (nSPS) is 14.5. The van der Waals surface area contributed by atoms with Crippen molar-refractivity contribution >= 4 is 5.91 Å². The monoisotopic (exact) mass is 600 g/mol. The maximum absolute atomic E-state index is 12.4. The molecular weight excluding hydrogens is 526 g/mol. The third-order valence-electron chi connectivity index (χ3n) is 8.82. The van der Waals surface area contributed by atoms with E-state index >= 15 is 0 Å². The van der Waals surface area contributed by atoms with E-state index in [-0.39, 0.29) is 0 Å². The summed E-state index contributed by atoms with van der Waals surface area (Å²) in [4.78, 5) is 12.4. The van der Waals surface area contributed by atoms with Crippen LogP contribution >= 0.6 is 0 Å². The molecule has 0 saturated heterocycles. The number of carbonyl (C=O) groups is 1. The molecule has 1 amide bonds. The minimum Gasteiger partial charge on any atom is -0.394 e. The lowest BCUT2D eigenvalue weighted by molar-refractivity contribution is -0.132. The summed E-state index contributed by atoms with van der Waals surface area (Å²) in [6, 6.07) is -0.976. The molecule has 5 N–H and O–H groups in total. The standard InChI is InChI=1S/C36H73NO5/c1-3-5-7-9-11-13-15-17-18-20-22-24-26-28-30-34(40)36(42)37-32(31-38)35(41)33(39)29-27-25-23-21-19-16-14-12-10-8-6-4-2/h32-35,38-41H,3-31H2,1-2H3,(H,37,42)/t32?,33?,34-,35?/m1/s1. The second-order valence-electron chi connectivity index (χ2n) is 12.9. The van der Waals surface area contributed by atoms with E-state index in [4.69, 9.17) is 0 Å². The number of amides is 1. The van der Waals surface area contributed by atoms with Crippen LogP contribution in [-0.2, 0) is 4.79 Å². The third-order valence-corrected chi connectivity index (χ3v) is 8.82. The summed E-state index contributed by atoms with van der Waals surface area (Å²) in [6.45, 7) is 4.03. The average Bonchev–Trinajstić information content (AvgIpc) is 2.99. The van der Waals surface area contributed by atoms with Crippen LogP contribution in [0.3, 0.4) is 0 Å². The first-order valence-electron chi connectivity index (χ1n) is 18.4. The molecule has 252 valence electrons. The Morgan fingerprint density at radius 2 is 0.810 bits per heavy atom. The van der Waals surface area contributed by atoms with Gasteiger partial charge in [-0.3, -0.25) is 4.79 Å². The van der Waals surface area contributed by atoms with Crippen LogP contribution in [0.1, 0.15) is 194 Å². The number of unbranched alkanes of at least 4 members (excludes halogenated alkanes) is 24. The maximum atomic E-state index is 12.4. The molecule has 0 aromatic heterocycles. The van der Waals surface area contributed by atoms with Crippen molar-refractivity contribution in [3.05, 3.63) is 0 Å². The molecule has 0 bridgehead atoms. The minimum atomic E-state index is -1.25. The predicted octanol–water partition coefficient (Wildman–Crippen LogP) is 8.51. The number of aliphatic hydroxyl groups excluding tert-OH is 4. The van der Waals surface area contributed by atoms with Crippen molar-refractivity contribution in [1.82, 2.24) is 5.32 Å². The Balaban J connectivity index is 3.80. The molecule has 3 unspecified atom stereocenters. The van der Waals surface area contributed by atoms with Gasteiger partial charge in [0.25, 0.3) is 0 Å². The summed E-state index contributed by atoms with van der Waals surface area (Å²) in [5.74, 6) is -0.583. The van der Waals surface area contributed by atoms with Crippen molar-refractivity contribution in [2.75, 3.05) is 6.61 Å². The van der Waals surface area contributed by atoms with Gasteiger partial charge >= 0.3 is 0 Å². The molecule has 0 saturated carbocycles. The fraction of sp³-hybridized carbons (Fsp3) is 0.972. The highest BCUT2D eigenvalue weighted by Crippen LogP contribution is 2.16. The number of hydrogen-bond acceptors (Lipinski definition) is 5. The van der Waals surface area contributed by atoms with E-state index in [0.29, 0.717) is 12.8 Å². The van der Waals surface area contributed by atoms with Crippen LogP contribution < -0.4 is 5.32 Å². The van der Waals surface area contributed by atoms with Gasteiger partial charge in [-0.05, 0) is 12.8 Å². The van der Waals surface area contributed by atoms with Crippen LogP contribution in [0.2, 0.25) is 0 Å². The quantitative estimate of drug-likeness (QED) is 0.0486. The summed E-state index contributed by atoms with van der Waals surface area (Å²) in [6.07, 6.45) is 29.7. The third kappa shape index (κ3) is 25.8. The van der Waals surface area contributed by atoms with E-state index in [9.17, 15) is 25.2 Å². The first-order chi connectivity index (χ1) is 20.5. The van der Waals surface area contributed by atoms with Crippen molar-refractivity contribution < 1.29 is 25.2 Å². The Bertz CT molecular complexity index is 561. The molecule has 42 heavy (non-hydrogen) atoms. The maximum Gasteiger partial charge on any atom is 0.249 e. The molecule has 0 radical (unpaired) electrons. The zero-order chi connectivity index (χ0) is 31.1. The van der Waals surface area contributed by atoms with E-state index in [1.165, 1.54) is 128 Å². The molecule has 0 aromatic carbocycles. The van der Waals surface area contributed by atoms with Gasteiger partial charge in [0.2, 0.25) is 5.91 Å². The fourth-order valence-electron chi connectivity index (χ4n) is 5.81. The molecule has 6 heteroatoms. The topological polar surface area (TPSA) is 110 Å². The van der Waals surface area contributed by atoms with Gasteiger partial charge in [0, 0.05) is 0 Å². The van der Waals surface area contributed by atoms with Gasteiger partial charge in [0.15, 0.2) is 0 Å². The molecule has 6 nitrogen and oxygen atoms in total. The molecule has 0 heterocycles. The minimum absolute atomic E-state index is 0.375. The summed E-state index contributed by atoms with van der Waals surface area (Å²) in [5.41, 5.74) is 0. The Morgan fingerprint density at radius 3 is 1.14 bits per heavy atom. The van der Waals surface area contributed by atoms with Crippen LogP contribution in [0.25, 0.3) is 0 Å². The second kappa shape index (κ2) is 31.7. The first-order valence-corrected chi connectivity index (χ1v) is 18.4. The number of hydrogen-bond donors (Lipinski definition) is 5. The molecule has 0 fully saturated rings. The van der Waals surface area contributed by atoms with Crippen molar-refractivity contribution in [3.63, 3.8) is 0 Å². The number of nitrogens with one attached hydrogen (secondary N) is 1. The van der Waals surface area contributed by atoms with Gasteiger partial charge in [-0.2, -0.15) is 0 Å². The Labute approximate surface area is 260 Å². The average molecular weight is 600 g/mol. The van der Waals surface area contributed by atoms with Crippen molar-refractivity contribution in [3.8, 4) is 0 Å². The lowest BCUT2D eigenvalue weighted by Crippen LogP contribution is -2.53. The highest BCUT2D eigenvalue weighted by atomic mass is 16.3. The lowest BCUT2D eigenvalue weighted by atomic mass is 9.99. The highest BCUT2D eigenvalue weighted by Gasteiger charge is 2.28. The molecule has 0 aromatic rings. The van der Waals surface area contributed by atoms with Crippen LogP contribution in [0.4, 0.5) is 0 Å². The molecule has 0 aliphatic carbocycles. The summed E-state index contributed by atoms with van der Waals surface area (Å²) >= 11 is 0. The Hall–Kier alpha value is -0.690. The molecule has 0 aliphatic rings. The van der Waals surface area contributed by atoms with Crippen LogP contribution in [-0.4, -0.2) is 57.3 Å². The van der Waals surface area contributed by atoms with Crippen molar-refractivity contribution in [2.24, 2.45) is 0 Å². The van der Waals surface area contributed by atoms with E-state index < -0.39 is 36.9 Å². The van der Waals surface area contributed by atoms with E-state index in [1.807, 2.05) is 0 Å². The number of rotatable bonds is 33. The largest absolute Gasteiger partial charge is 0.394 e. The first kappa shape index (κ1) is 41.3. The molecule has 0 spiro atoms. The van der Waals surface area contributed by atoms with Gasteiger partial charge in [-0.1, -0.05) is 181 Å². The van der Waals surface area contributed by atoms with E-state index in [1.54, 1.807) is 0 Å². The van der Waals surface area contributed by atoms with Crippen LogP contribution in [0, 0.1) is 0 Å². The zero-order valence-corrected chi connectivity index (χ0v) is 28.0. The van der Waals surface area contributed by atoms with Gasteiger partial charge in [-0.25, -0.2) is 0 Å². The molecular formula is C36H73NO5. The van der Waals surface area contributed by atoms with Gasteiger partial charge in [-0.15, -0.1) is 0 Å². The van der Waals surface area contributed by atoms with Gasteiger partial charge in [0.1, 0.15) is 12.2 Å². The number of aliphatic hydroxyl groups is 4. The molecule has 0 rings (SSSR count). The van der Waals surface area contributed by atoms with Crippen LogP contribution in [0.15, 0.2) is 0 Å². The van der Waals surface area contributed by atoms with E-state index in [2.05, 4.69) is 19.2 Å². The SMILES string of the molecule is CCCCCCCCCCCCCCCC[C@@H](O)C(=O)NC(CO)C(O)C(O)CCCCCCCCCCCCCC. The zero-order valence-electron chi connectivity index (χ0n) is 28.0. The molecule has 4 atom stereocenters. The van der Waals surface area contributed by atoms with Gasteiger partial charge < -0.3 is 25.7 Å². The Kier molecular flexibility index (Phi) is 31.2. The van der Waals surface area contributed by atoms with Gasteiger partial charge in [0.05, 0.1) is 18.8 Å². The van der Waals surface area contributed by atoms with Crippen molar-refractivity contribution in [2.45, 2.75) is 218 Å². The Morgan fingerprint density at radius 1 is 0.500 bits per heavy atom. The lowest BCUT2D eigenvalue weighted by Gasteiger charge is -2.27. The highest BCUT2D eigenvalue weighted by molar-refractivity contribution is 5.80. The predicted molar refractivity (Wildman–Crippen MR) is 178 cm³/mol. The second-order valence-corrected chi connectivity index (χ2v) is 12.9. The van der Waals surface area contributed by atoms with Crippen molar-refractivity contribution in [1.29, 1.82) is 0 Å². The molecule has 0 aliphatic heterocycles. The summed E-state index contributed by atoms with van der Waals surface area (Å²) in [5, 5.41) is 43.4. The summed E-state index contributed by atoms with van der Waals surface area (Å²) < 4.78 is 0. The smallest absolute Gasteiger partial charge is 0.249 e. The fourth-order valence-corrected chi connectivity index (χ4v) is 5.81. The summed E-state index contributed by atoms with van der Waals surface area (Å²) in [7, 11) is 0.